The molecule has 3 aliphatic heterocycles. The van der Waals surface area contributed by atoms with Crippen molar-refractivity contribution in [2.24, 2.45) is 5.41 Å². The van der Waals surface area contributed by atoms with Crippen LogP contribution in [-0.2, 0) is 0 Å². The van der Waals surface area contributed by atoms with Gasteiger partial charge in [0.2, 0.25) is 5.71 Å². The minimum atomic E-state index is 0.371. The summed E-state index contributed by atoms with van der Waals surface area (Å²) in [6.45, 7) is 11.6. The Labute approximate surface area is 149 Å². The molecular formula is C22H26N2O. The molecule has 0 aliphatic carbocycles. The van der Waals surface area contributed by atoms with Crippen LogP contribution in [0, 0.1) is 19.3 Å². The van der Waals surface area contributed by atoms with Gasteiger partial charge in [-0.2, -0.15) is 0 Å². The number of furan rings is 1. The van der Waals surface area contributed by atoms with Gasteiger partial charge in [-0.15, -0.1) is 0 Å². The smallest absolute Gasteiger partial charge is 0.227 e. The summed E-state index contributed by atoms with van der Waals surface area (Å²) in [5, 5.41) is 2.36. The van der Waals surface area contributed by atoms with Gasteiger partial charge in [-0.1, -0.05) is 19.1 Å². The molecule has 25 heavy (non-hydrogen) atoms. The van der Waals surface area contributed by atoms with E-state index in [-0.39, 0.29) is 0 Å². The molecule has 5 heterocycles. The number of hydrogen-bond acceptors (Lipinski definition) is 3. The standard InChI is InChI=1S/C22H26N2O/c1-13-5-7-16-17-8-6-14(2)23-21(17)25-20(16)18(13)19-15(3)24-11-9-22(19,4)10-12-24/h5-8,15,19H,9-12H2,1-4H3/t15-,19?/m1/s1. The van der Waals surface area contributed by atoms with Gasteiger partial charge in [0.05, 0.1) is 0 Å². The lowest BCUT2D eigenvalue weighted by atomic mass is 9.60. The number of aromatic nitrogens is 1. The first-order valence-corrected chi connectivity index (χ1v) is 9.51. The predicted molar refractivity (Wildman–Crippen MR) is 102 cm³/mol. The lowest BCUT2D eigenvalue weighted by Crippen LogP contribution is -2.57. The molecule has 3 saturated heterocycles. The summed E-state index contributed by atoms with van der Waals surface area (Å²) in [5.41, 5.74) is 6.01. The Morgan fingerprint density at radius 3 is 2.52 bits per heavy atom. The summed E-state index contributed by atoms with van der Waals surface area (Å²) >= 11 is 0. The van der Waals surface area contributed by atoms with Crippen molar-refractivity contribution in [3.63, 3.8) is 0 Å². The van der Waals surface area contributed by atoms with Gasteiger partial charge in [0.25, 0.3) is 0 Å². The molecule has 0 spiro atoms. The molecule has 3 nitrogen and oxygen atoms in total. The molecule has 1 aromatic carbocycles. The summed E-state index contributed by atoms with van der Waals surface area (Å²) in [6.07, 6.45) is 2.57. The first kappa shape index (κ1) is 15.4. The first-order chi connectivity index (χ1) is 12.0. The maximum Gasteiger partial charge on any atom is 0.227 e. The van der Waals surface area contributed by atoms with Crippen LogP contribution in [0.15, 0.2) is 28.7 Å². The number of nitrogens with zero attached hydrogens (tertiary/aromatic N) is 2. The Morgan fingerprint density at radius 2 is 1.80 bits per heavy atom. The normalized spacial score (nSPS) is 31.9. The highest BCUT2D eigenvalue weighted by atomic mass is 16.3. The van der Waals surface area contributed by atoms with Crippen LogP contribution in [0.3, 0.4) is 0 Å². The van der Waals surface area contributed by atoms with Crippen molar-refractivity contribution in [2.75, 3.05) is 13.1 Å². The second kappa shape index (κ2) is 5.07. The third-order valence-electron chi connectivity index (χ3n) is 6.96. The van der Waals surface area contributed by atoms with E-state index < -0.39 is 0 Å². The van der Waals surface area contributed by atoms with E-state index in [1.807, 2.05) is 6.92 Å². The van der Waals surface area contributed by atoms with Crippen LogP contribution in [0.1, 0.15) is 49.4 Å². The zero-order chi connectivity index (χ0) is 17.3. The predicted octanol–water partition coefficient (Wildman–Crippen LogP) is 5.19. The number of aryl methyl sites for hydroxylation is 2. The van der Waals surface area contributed by atoms with Crippen LogP contribution in [-0.4, -0.2) is 29.0 Å². The van der Waals surface area contributed by atoms with E-state index in [0.29, 0.717) is 17.4 Å². The Hall–Kier alpha value is -1.87. The monoisotopic (exact) mass is 334 g/mol. The van der Waals surface area contributed by atoms with E-state index in [0.717, 1.165) is 22.4 Å². The van der Waals surface area contributed by atoms with Gasteiger partial charge in [0.15, 0.2) is 0 Å². The Kier molecular flexibility index (Phi) is 3.12. The Bertz CT molecular complexity index is 979. The highest BCUT2D eigenvalue weighted by Gasteiger charge is 2.49. The average Bonchev–Trinajstić information content (AvgIpc) is 2.94. The maximum absolute atomic E-state index is 6.37. The lowest BCUT2D eigenvalue weighted by Gasteiger charge is -2.56. The van der Waals surface area contributed by atoms with E-state index in [4.69, 9.17) is 4.42 Å². The minimum Gasteiger partial charge on any atom is -0.437 e. The maximum atomic E-state index is 6.37. The number of hydrogen-bond donors (Lipinski definition) is 0. The number of benzene rings is 1. The topological polar surface area (TPSA) is 29.3 Å². The summed E-state index contributed by atoms with van der Waals surface area (Å²) in [5.74, 6) is 0.528. The second-order valence-electron chi connectivity index (χ2n) is 8.49. The quantitative estimate of drug-likeness (QED) is 0.613. The van der Waals surface area contributed by atoms with Crippen LogP contribution in [0.25, 0.3) is 22.1 Å². The van der Waals surface area contributed by atoms with Gasteiger partial charge < -0.3 is 4.42 Å². The van der Waals surface area contributed by atoms with E-state index in [2.05, 4.69) is 54.9 Å². The minimum absolute atomic E-state index is 0.371. The zero-order valence-corrected chi connectivity index (χ0v) is 15.6. The van der Waals surface area contributed by atoms with Crippen molar-refractivity contribution < 1.29 is 4.42 Å². The van der Waals surface area contributed by atoms with Gasteiger partial charge in [0, 0.05) is 34.0 Å². The molecule has 3 aromatic rings. The van der Waals surface area contributed by atoms with Gasteiger partial charge in [-0.3, -0.25) is 4.90 Å². The molecule has 0 N–H and O–H groups in total. The van der Waals surface area contributed by atoms with Gasteiger partial charge in [-0.25, -0.2) is 4.98 Å². The summed E-state index contributed by atoms with van der Waals surface area (Å²) in [7, 11) is 0. The van der Waals surface area contributed by atoms with Crippen LogP contribution in [0.2, 0.25) is 0 Å². The van der Waals surface area contributed by atoms with Crippen molar-refractivity contribution in [3.8, 4) is 0 Å². The fourth-order valence-electron chi connectivity index (χ4n) is 5.45. The molecule has 2 bridgehead atoms. The second-order valence-corrected chi connectivity index (χ2v) is 8.49. The third-order valence-corrected chi connectivity index (χ3v) is 6.96. The van der Waals surface area contributed by atoms with E-state index >= 15 is 0 Å². The molecule has 3 aliphatic rings. The molecule has 0 amide bonds. The largest absolute Gasteiger partial charge is 0.437 e. The van der Waals surface area contributed by atoms with Gasteiger partial charge >= 0.3 is 0 Å². The van der Waals surface area contributed by atoms with Gasteiger partial charge in [0.1, 0.15) is 5.58 Å². The van der Waals surface area contributed by atoms with Gasteiger partial charge in [-0.05, 0) is 69.8 Å². The van der Waals surface area contributed by atoms with Crippen LogP contribution in [0.5, 0.6) is 0 Å². The van der Waals surface area contributed by atoms with Crippen molar-refractivity contribution in [2.45, 2.75) is 52.5 Å². The highest BCUT2D eigenvalue weighted by Crippen LogP contribution is 2.54. The van der Waals surface area contributed by atoms with Crippen molar-refractivity contribution >= 4 is 22.1 Å². The van der Waals surface area contributed by atoms with Crippen LogP contribution >= 0.6 is 0 Å². The summed E-state index contributed by atoms with van der Waals surface area (Å²) < 4.78 is 6.37. The number of piperidine rings is 3. The van der Waals surface area contributed by atoms with E-state index in [9.17, 15) is 0 Å². The van der Waals surface area contributed by atoms with Crippen molar-refractivity contribution in [3.05, 3.63) is 41.1 Å². The molecule has 130 valence electrons. The van der Waals surface area contributed by atoms with E-state index in [1.165, 1.54) is 42.4 Å². The average molecular weight is 334 g/mol. The Morgan fingerprint density at radius 1 is 1.08 bits per heavy atom. The zero-order valence-electron chi connectivity index (χ0n) is 15.6. The van der Waals surface area contributed by atoms with Crippen molar-refractivity contribution in [1.82, 2.24) is 9.88 Å². The molecule has 2 aromatic heterocycles. The molecule has 3 fully saturated rings. The van der Waals surface area contributed by atoms with Crippen LogP contribution in [0.4, 0.5) is 0 Å². The molecule has 0 saturated carbocycles. The van der Waals surface area contributed by atoms with Crippen molar-refractivity contribution in [1.29, 1.82) is 0 Å². The molecular weight excluding hydrogens is 308 g/mol. The third kappa shape index (κ3) is 2.05. The number of rotatable bonds is 1. The van der Waals surface area contributed by atoms with Crippen LogP contribution < -0.4 is 0 Å². The SMILES string of the molecule is Cc1ccc2c(n1)oc1c(C3[C@@H](C)N4CCC3(C)CC4)c(C)ccc12. The summed E-state index contributed by atoms with van der Waals surface area (Å²) in [6, 6.07) is 9.30. The number of fused-ring (bicyclic) bond motifs is 6. The number of pyridine rings is 1. The highest BCUT2D eigenvalue weighted by molar-refractivity contribution is 6.05. The molecule has 2 atom stereocenters. The molecule has 3 heteroatoms. The lowest BCUT2D eigenvalue weighted by molar-refractivity contribution is -0.0267. The molecule has 6 rings (SSSR count). The van der Waals surface area contributed by atoms with E-state index in [1.54, 1.807) is 0 Å². The fourth-order valence-corrected chi connectivity index (χ4v) is 5.45. The molecule has 1 unspecified atom stereocenters. The first-order valence-electron chi connectivity index (χ1n) is 9.51. The molecule has 0 radical (unpaired) electrons. The summed E-state index contributed by atoms with van der Waals surface area (Å²) in [4.78, 5) is 7.30. The Balaban J connectivity index is 1.81. The fraction of sp³-hybridized carbons (Fsp3) is 0.500.